The Morgan fingerprint density at radius 3 is 2.64 bits per heavy atom. The summed E-state index contributed by atoms with van der Waals surface area (Å²) >= 11 is 11.5. The molecule has 0 aromatic carbocycles. The van der Waals surface area contributed by atoms with E-state index in [2.05, 4.69) is 5.32 Å². The van der Waals surface area contributed by atoms with E-state index in [-0.39, 0.29) is 11.8 Å². The van der Waals surface area contributed by atoms with E-state index >= 15 is 0 Å². The predicted octanol–water partition coefficient (Wildman–Crippen LogP) is 1.71. The van der Waals surface area contributed by atoms with Crippen LogP contribution in [-0.2, 0) is 4.79 Å². The molecule has 1 aliphatic carbocycles. The van der Waals surface area contributed by atoms with Gasteiger partial charge in [-0.1, -0.05) is 0 Å². The van der Waals surface area contributed by atoms with E-state index in [4.69, 9.17) is 23.2 Å². The zero-order valence-corrected chi connectivity index (χ0v) is 7.87. The molecule has 0 saturated heterocycles. The Hall–Kier alpha value is 0.0500. The van der Waals surface area contributed by atoms with E-state index in [1.54, 1.807) is 0 Å². The van der Waals surface area contributed by atoms with Crippen molar-refractivity contribution in [1.82, 2.24) is 5.32 Å². The summed E-state index contributed by atoms with van der Waals surface area (Å²) in [5.41, 5.74) is 0. The van der Waals surface area contributed by atoms with E-state index in [0.29, 0.717) is 13.0 Å². The molecule has 1 aliphatic rings. The minimum Gasteiger partial charge on any atom is -0.356 e. The molecule has 64 valence electrons. The lowest BCUT2D eigenvalue weighted by molar-refractivity contribution is -0.121. The fourth-order valence-corrected chi connectivity index (χ4v) is 1.51. The highest BCUT2D eigenvalue weighted by atomic mass is 35.5. The molecule has 0 radical (unpaired) electrons. The Morgan fingerprint density at radius 1 is 1.73 bits per heavy atom. The second-order valence-electron chi connectivity index (χ2n) is 2.82. The highest BCUT2D eigenvalue weighted by Gasteiger charge is 2.52. The molecule has 1 fully saturated rings. The predicted molar refractivity (Wildman–Crippen MR) is 45.8 cm³/mol. The molecule has 0 bridgehead atoms. The first-order valence-electron chi connectivity index (χ1n) is 3.71. The van der Waals surface area contributed by atoms with Gasteiger partial charge in [-0.25, -0.2) is 0 Å². The Bertz CT molecular complexity index is 170. The van der Waals surface area contributed by atoms with Crippen molar-refractivity contribution in [1.29, 1.82) is 0 Å². The summed E-state index contributed by atoms with van der Waals surface area (Å²) in [6, 6.07) is 0. The van der Waals surface area contributed by atoms with Crippen LogP contribution in [0, 0.1) is 5.92 Å². The van der Waals surface area contributed by atoms with E-state index in [1.165, 1.54) is 0 Å². The summed E-state index contributed by atoms with van der Waals surface area (Å²) in [4.78, 5) is 11.0. The summed E-state index contributed by atoms with van der Waals surface area (Å²) in [5.74, 6) is 0.207. The van der Waals surface area contributed by atoms with Gasteiger partial charge in [0.15, 0.2) is 0 Å². The molecular weight excluding hydrogens is 185 g/mol. The summed E-state index contributed by atoms with van der Waals surface area (Å²) in [5, 5.41) is 2.70. The van der Waals surface area contributed by atoms with Crippen LogP contribution in [0.5, 0.6) is 0 Å². The van der Waals surface area contributed by atoms with Crippen LogP contribution in [0.3, 0.4) is 0 Å². The molecule has 1 saturated carbocycles. The molecule has 1 unspecified atom stereocenters. The third-order valence-corrected chi connectivity index (χ3v) is 2.69. The number of hydrogen-bond donors (Lipinski definition) is 1. The largest absolute Gasteiger partial charge is 0.356 e. The molecule has 1 atom stereocenters. The van der Waals surface area contributed by atoms with Crippen molar-refractivity contribution in [3.63, 3.8) is 0 Å². The SMILES string of the molecule is CCNC(=O)CC1CC1(Cl)Cl. The number of rotatable bonds is 3. The van der Waals surface area contributed by atoms with Gasteiger partial charge >= 0.3 is 0 Å². The van der Waals surface area contributed by atoms with Crippen molar-refractivity contribution < 1.29 is 4.79 Å². The zero-order valence-electron chi connectivity index (χ0n) is 6.36. The molecule has 11 heavy (non-hydrogen) atoms. The van der Waals surface area contributed by atoms with Gasteiger partial charge in [0, 0.05) is 18.9 Å². The van der Waals surface area contributed by atoms with Crippen LogP contribution in [-0.4, -0.2) is 16.8 Å². The lowest BCUT2D eigenvalue weighted by atomic mass is 10.3. The van der Waals surface area contributed by atoms with Crippen molar-refractivity contribution in [2.75, 3.05) is 6.54 Å². The molecule has 4 heteroatoms. The van der Waals surface area contributed by atoms with Gasteiger partial charge < -0.3 is 5.32 Å². The minimum atomic E-state index is -0.620. The Labute approximate surface area is 76.2 Å². The first kappa shape index (κ1) is 9.14. The maximum Gasteiger partial charge on any atom is 0.220 e. The fraction of sp³-hybridized carbons (Fsp3) is 0.857. The van der Waals surface area contributed by atoms with E-state index in [1.807, 2.05) is 6.92 Å². The quantitative estimate of drug-likeness (QED) is 0.684. The van der Waals surface area contributed by atoms with Crippen LogP contribution in [0.4, 0.5) is 0 Å². The highest BCUT2D eigenvalue weighted by molar-refractivity contribution is 6.51. The van der Waals surface area contributed by atoms with Gasteiger partial charge in [-0.05, 0) is 13.3 Å². The van der Waals surface area contributed by atoms with Crippen molar-refractivity contribution in [3.05, 3.63) is 0 Å². The number of halogens is 2. The van der Waals surface area contributed by atoms with Gasteiger partial charge in [-0.15, -0.1) is 23.2 Å². The molecular formula is C7H11Cl2NO. The van der Waals surface area contributed by atoms with Crippen LogP contribution >= 0.6 is 23.2 Å². The number of hydrogen-bond acceptors (Lipinski definition) is 1. The van der Waals surface area contributed by atoms with Crippen LogP contribution in [0.25, 0.3) is 0 Å². The molecule has 0 heterocycles. The lowest BCUT2D eigenvalue weighted by Crippen LogP contribution is -2.23. The van der Waals surface area contributed by atoms with Crippen LogP contribution in [0.15, 0.2) is 0 Å². The first-order valence-corrected chi connectivity index (χ1v) is 4.46. The highest BCUT2D eigenvalue weighted by Crippen LogP contribution is 2.54. The monoisotopic (exact) mass is 195 g/mol. The van der Waals surface area contributed by atoms with Crippen molar-refractivity contribution >= 4 is 29.1 Å². The third kappa shape index (κ3) is 2.53. The molecule has 1 amide bonds. The first-order chi connectivity index (χ1) is 5.06. The summed E-state index contributed by atoms with van der Waals surface area (Å²) in [6.07, 6.45) is 1.20. The van der Waals surface area contributed by atoms with Crippen molar-refractivity contribution in [2.24, 2.45) is 5.92 Å². The van der Waals surface area contributed by atoms with Gasteiger partial charge in [0.25, 0.3) is 0 Å². The molecule has 0 aromatic rings. The average molecular weight is 196 g/mol. The van der Waals surface area contributed by atoms with Gasteiger partial charge in [-0.2, -0.15) is 0 Å². The minimum absolute atomic E-state index is 0.0423. The molecule has 1 rings (SSSR count). The fourth-order valence-electron chi connectivity index (χ4n) is 0.984. The Kier molecular flexibility index (Phi) is 2.66. The third-order valence-electron chi connectivity index (χ3n) is 1.76. The number of amides is 1. The zero-order chi connectivity index (χ0) is 8.48. The summed E-state index contributed by atoms with van der Waals surface area (Å²) in [7, 11) is 0. The Morgan fingerprint density at radius 2 is 2.27 bits per heavy atom. The lowest BCUT2D eigenvalue weighted by Gasteiger charge is -2.00. The van der Waals surface area contributed by atoms with Gasteiger partial charge in [0.05, 0.1) is 0 Å². The number of carbonyl (C=O) groups excluding carboxylic acids is 1. The standard InChI is InChI=1S/C7H11Cl2NO/c1-2-10-6(11)3-5-4-7(5,8)9/h5H,2-4H2,1H3,(H,10,11). The van der Waals surface area contributed by atoms with Gasteiger partial charge in [-0.3, -0.25) is 4.79 Å². The van der Waals surface area contributed by atoms with Gasteiger partial charge in [0.1, 0.15) is 4.33 Å². The molecule has 1 N–H and O–H groups in total. The van der Waals surface area contributed by atoms with E-state index in [9.17, 15) is 4.79 Å². The van der Waals surface area contributed by atoms with E-state index < -0.39 is 4.33 Å². The van der Waals surface area contributed by atoms with Crippen molar-refractivity contribution in [3.8, 4) is 0 Å². The summed E-state index contributed by atoms with van der Waals surface area (Å²) in [6.45, 7) is 2.56. The molecule has 2 nitrogen and oxygen atoms in total. The van der Waals surface area contributed by atoms with Crippen LogP contribution in [0.2, 0.25) is 0 Å². The van der Waals surface area contributed by atoms with Crippen LogP contribution < -0.4 is 5.32 Å². The number of carbonyl (C=O) groups is 1. The van der Waals surface area contributed by atoms with Gasteiger partial charge in [0.2, 0.25) is 5.91 Å². The second-order valence-corrected chi connectivity index (χ2v) is 4.36. The van der Waals surface area contributed by atoms with Crippen molar-refractivity contribution in [2.45, 2.75) is 24.1 Å². The maximum atomic E-state index is 11.0. The van der Waals surface area contributed by atoms with Crippen LogP contribution in [0.1, 0.15) is 19.8 Å². The average Bonchev–Trinajstić information content (AvgIpc) is 2.39. The molecule has 0 aliphatic heterocycles. The number of nitrogens with one attached hydrogen (secondary N) is 1. The molecule has 0 aromatic heterocycles. The summed E-state index contributed by atoms with van der Waals surface area (Å²) < 4.78 is -0.620. The normalized spacial score (nSPS) is 26.3. The maximum absolute atomic E-state index is 11.0. The van der Waals surface area contributed by atoms with E-state index in [0.717, 1.165) is 6.42 Å². The second kappa shape index (κ2) is 3.20. The topological polar surface area (TPSA) is 29.1 Å². The molecule has 0 spiro atoms. The number of alkyl halides is 2. The smallest absolute Gasteiger partial charge is 0.220 e. The Balaban J connectivity index is 2.18.